The van der Waals surface area contributed by atoms with Crippen LogP contribution in [-0.2, 0) is 6.32 Å². The molecule has 8 heteroatoms. The quantitative estimate of drug-likeness (QED) is 0.341. The first-order valence-corrected chi connectivity index (χ1v) is 3.93. The Labute approximate surface area is 81.9 Å². The van der Waals surface area contributed by atoms with Crippen molar-refractivity contribution in [1.29, 1.82) is 0 Å². The zero-order chi connectivity index (χ0) is 11.6. The number of nitrogens with zero attached hydrogens (tertiary/aromatic N) is 1. The monoisotopic (exact) mass is 222 g/mol. The summed E-state index contributed by atoms with van der Waals surface area (Å²) in [6.45, 7) is -5.22. The molecular weight excluding hydrogens is 217 g/mol. The van der Waals surface area contributed by atoms with Crippen LogP contribution in [0.1, 0.15) is 5.56 Å². The van der Waals surface area contributed by atoms with Crippen molar-refractivity contribution in [3.8, 4) is 0 Å². The van der Waals surface area contributed by atoms with Crippen molar-refractivity contribution >= 4 is 12.7 Å². The number of benzene rings is 1. The molecular formula is C7H5BF4NO2-. The van der Waals surface area contributed by atoms with E-state index in [1.54, 1.807) is 0 Å². The lowest BCUT2D eigenvalue weighted by Gasteiger charge is -2.13. The maximum Gasteiger partial charge on any atom is 0.482 e. The van der Waals surface area contributed by atoms with Crippen LogP contribution in [0.25, 0.3) is 0 Å². The predicted molar refractivity (Wildman–Crippen MR) is 45.8 cm³/mol. The first-order chi connectivity index (χ1) is 6.79. The number of hydrogen-bond donors (Lipinski definition) is 0. The largest absolute Gasteiger partial charge is 0.482 e. The average molecular weight is 222 g/mol. The van der Waals surface area contributed by atoms with Crippen LogP contribution < -0.4 is 0 Å². The zero-order valence-electron chi connectivity index (χ0n) is 7.29. The predicted octanol–water partition coefficient (Wildman–Crippen LogP) is 2.66. The molecule has 1 rings (SSSR count). The van der Waals surface area contributed by atoms with Gasteiger partial charge in [-0.2, -0.15) is 0 Å². The topological polar surface area (TPSA) is 43.1 Å². The Morgan fingerprint density at radius 3 is 2.40 bits per heavy atom. The van der Waals surface area contributed by atoms with E-state index in [-0.39, 0.29) is 0 Å². The molecule has 0 aliphatic rings. The minimum absolute atomic E-state index is 0.535. The van der Waals surface area contributed by atoms with E-state index < -0.39 is 35.3 Å². The molecule has 0 heterocycles. The number of nitro groups is 1. The van der Waals surface area contributed by atoms with E-state index in [2.05, 4.69) is 0 Å². The number of rotatable bonds is 3. The molecule has 0 bridgehead atoms. The van der Waals surface area contributed by atoms with Crippen molar-refractivity contribution in [2.45, 2.75) is 6.32 Å². The molecule has 1 aromatic carbocycles. The summed E-state index contributed by atoms with van der Waals surface area (Å²) in [7, 11) is 0. The van der Waals surface area contributed by atoms with E-state index in [9.17, 15) is 27.5 Å². The third-order valence-electron chi connectivity index (χ3n) is 1.69. The molecule has 0 radical (unpaired) electrons. The van der Waals surface area contributed by atoms with E-state index in [1.165, 1.54) is 0 Å². The highest BCUT2D eigenvalue weighted by atomic mass is 19.4. The highest BCUT2D eigenvalue weighted by Crippen LogP contribution is 2.25. The maximum atomic E-state index is 12.6. The molecule has 0 aromatic heterocycles. The van der Waals surface area contributed by atoms with E-state index in [0.717, 1.165) is 12.1 Å². The molecule has 0 saturated heterocycles. The van der Waals surface area contributed by atoms with Crippen molar-refractivity contribution in [1.82, 2.24) is 0 Å². The van der Waals surface area contributed by atoms with Gasteiger partial charge < -0.3 is 12.9 Å². The fourth-order valence-corrected chi connectivity index (χ4v) is 1.15. The fraction of sp³-hybridized carbons (Fsp3) is 0.143. The molecule has 0 atom stereocenters. The maximum absolute atomic E-state index is 12.6. The Bertz CT molecular complexity index is 393. The highest BCUT2D eigenvalue weighted by Gasteiger charge is 2.27. The van der Waals surface area contributed by atoms with E-state index in [4.69, 9.17) is 0 Å². The van der Waals surface area contributed by atoms with Gasteiger partial charge in [-0.3, -0.25) is 10.1 Å². The Kier molecular flexibility index (Phi) is 2.97. The average Bonchev–Trinajstić information content (AvgIpc) is 1.99. The van der Waals surface area contributed by atoms with Gasteiger partial charge in [-0.1, -0.05) is 6.32 Å². The second kappa shape index (κ2) is 3.88. The summed E-state index contributed by atoms with van der Waals surface area (Å²) in [5.41, 5.74) is -1.36. The Hall–Kier alpha value is -1.60. The van der Waals surface area contributed by atoms with Gasteiger partial charge in [-0.25, -0.2) is 4.39 Å². The van der Waals surface area contributed by atoms with Gasteiger partial charge >= 0.3 is 6.98 Å². The summed E-state index contributed by atoms with van der Waals surface area (Å²) in [6.07, 6.45) is -1.45. The third-order valence-corrected chi connectivity index (χ3v) is 1.69. The summed E-state index contributed by atoms with van der Waals surface area (Å²) < 4.78 is 48.7. The van der Waals surface area contributed by atoms with Crippen molar-refractivity contribution in [3.05, 3.63) is 39.7 Å². The van der Waals surface area contributed by atoms with E-state index in [0.29, 0.717) is 6.07 Å². The second-order valence-electron chi connectivity index (χ2n) is 2.94. The number of hydrogen-bond acceptors (Lipinski definition) is 2. The fourth-order valence-electron chi connectivity index (χ4n) is 1.15. The van der Waals surface area contributed by atoms with Crippen molar-refractivity contribution in [2.75, 3.05) is 0 Å². The third kappa shape index (κ3) is 3.23. The first-order valence-electron chi connectivity index (χ1n) is 3.93. The molecule has 0 fully saturated rings. The van der Waals surface area contributed by atoms with Crippen LogP contribution in [0.2, 0.25) is 0 Å². The van der Waals surface area contributed by atoms with Crippen LogP contribution in [0.5, 0.6) is 0 Å². The second-order valence-corrected chi connectivity index (χ2v) is 2.94. The SMILES string of the molecule is O=[N+]([O-])c1ccc(F)cc1C[B-](F)(F)F. The molecule has 0 N–H and O–H groups in total. The van der Waals surface area contributed by atoms with Crippen LogP contribution >= 0.6 is 0 Å². The number of nitro benzene ring substituents is 1. The molecule has 15 heavy (non-hydrogen) atoms. The van der Waals surface area contributed by atoms with Crippen LogP contribution in [0, 0.1) is 15.9 Å². The molecule has 3 nitrogen and oxygen atoms in total. The number of halogens is 4. The first kappa shape index (κ1) is 11.5. The minimum atomic E-state index is -5.22. The van der Waals surface area contributed by atoms with Gasteiger partial charge in [-0.05, 0) is 12.1 Å². The van der Waals surface area contributed by atoms with Gasteiger partial charge in [0.1, 0.15) is 5.82 Å². The van der Waals surface area contributed by atoms with Gasteiger partial charge in [0.2, 0.25) is 0 Å². The van der Waals surface area contributed by atoms with Crippen LogP contribution in [0.15, 0.2) is 18.2 Å². The molecule has 0 aliphatic carbocycles. The molecule has 0 saturated carbocycles. The van der Waals surface area contributed by atoms with E-state index in [1.807, 2.05) is 0 Å². The molecule has 0 unspecified atom stereocenters. The smallest absolute Gasteiger partial charge is 0.449 e. The summed E-state index contributed by atoms with van der Waals surface area (Å²) >= 11 is 0. The molecule has 82 valence electrons. The van der Waals surface area contributed by atoms with Crippen molar-refractivity contribution in [2.24, 2.45) is 0 Å². The van der Waals surface area contributed by atoms with Crippen molar-refractivity contribution < 1.29 is 22.3 Å². The van der Waals surface area contributed by atoms with Gasteiger partial charge in [0.15, 0.2) is 0 Å². The van der Waals surface area contributed by atoms with Crippen molar-refractivity contribution in [3.63, 3.8) is 0 Å². The molecule has 1 aromatic rings. The summed E-state index contributed by atoms with van der Waals surface area (Å²) in [5.74, 6) is -0.921. The Morgan fingerprint density at radius 1 is 1.33 bits per heavy atom. The molecule has 0 spiro atoms. The Balaban J connectivity index is 3.13. The van der Waals surface area contributed by atoms with Gasteiger partial charge in [0.25, 0.3) is 5.69 Å². The zero-order valence-corrected chi connectivity index (χ0v) is 7.29. The lowest BCUT2D eigenvalue weighted by Crippen LogP contribution is -2.20. The lowest BCUT2D eigenvalue weighted by atomic mass is 9.81. The minimum Gasteiger partial charge on any atom is -0.449 e. The van der Waals surface area contributed by atoms with Gasteiger partial charge in [-0.15, -0.1) is 0 Å². The normalized spacial score (nSPS) is 11.5. The standard InChI is InChI=1S/C7H5BF4NO2/c9-6-1-2-7(13(14)15)5(3-6)4-8(10,11)12/h1-3H,4H2/q-1. The Morgan fingerprint density at radius 2 is 1.93 bits per heavy atom. The van der Waals surface area contributed by atoms with Gasteiger partial charge in [0.05, 0.1) is 4.92 Å². The molecule has 0 aliphatic heterocycles. The van der Waals surface area contributed by atoms with E-state index >= 15 is 0 Å². The highest BCUT2D eigenvalue weighted by molar-refractivity contribution is 6.57. The lowest BCUT2D eigenvalue weighted by molar-refractivity contribution is -0.385. The van der Waals surface area contributed by atoms with Crippen LogP contribution in [0.4, 0.5) is 23.0 Å². The van der Waals surface area contributed by atoms with Gasteiger partial charge in [0, 0.05) is 11.6 Å². The summed E-state index contributed by atoms with van der Waals surface area (Å²) in [4.78, 5) is 9.38. The van der Waals surface area contributed by atoms with Crippen LogP contribution in [0.3, 0.4) is 0 Å². The molecule has 0 amide bonds. The summed E-state index contributed by atoms with van der Waals surface area (Å²) in [6, 6.07) is 2.02. The summed E-state index contributed by atoms with van der Waals surface area (Å²) in [5, 5.41) is 10.3. The van der Waals surface area contributed by atoms with Crippen LogP contribution in [-0.4, -0.2) is 11.9 Å².